The molecule has 2 aliphatic rings. The molecule has 1 fully saturated rings. The molecule has 0 amide bonds. The summed E-state index contributed by atoms with van der Waals surface area (Å²) >= 11 is 0. The van der Waals surface area contributed by atoms with E-state index in [2.05, 4.69) is 36.4 Å². The zero-order valence-corrected chi connectivity index (χ0v) is 16.4. The fourth-order valence-electron chi connectivity index (χ4n) is 4.05. The van der Waals surface area contributed by atoms with Gasteiger partial charge in [-0.25, -0.2) is 0 Å². The number of nitrogens with one attached hydrogen (secondary N) is 2. The maximum absolute atomic E-state index is 11.3. The predicted octanol–water partition coefficient (Wildman–Crippen LogP) is 0.458. The van der Waals surface area contributed by atoms with Crippen LogP contribution in [0.15, 0.2) is 48.5 Å². The van der Waals surface area contributed by atoms with Crippen LogP contribution in [0.5, 0.6) is 5.75 Å². The van der Waals surface area contributed by atoms with Crippen LogP contribution in [0.2, 0.25) is 0 Å². The molecule has 0 atom stereocenters. The molecular weight excluding hydrogens is 370 g/mol. The van der Waals surface area contributed by atoms with Crippen molar-refractivity contribution in [3.05, 3.63) is 75.3 Å². The van der Waals surface area contributed by atoms with Crippen LogP contribution in [0.25, 0.3) is 6.08 Å². The molecule has 152 valence electrons. The average molecular weight is 397 g/mol. The Morgan fingerprint density at radius 2 is 1.83 bits per heavy atom. The van der Waals surface area contributed by atoms with Crippen LogP contribution in [0, 0.1) is 10.1 Å². The maximum atomic E-state index is 11.3. The van der Waals surface area contributed by atoms with Gasteiger partial charge in [-0.05, 0) is 11.6 Å². The monoisotopic (exact) mass is 397 g/mol. The molecule has 1 saturated heterocycles. The van der Waals surface area contributed by atoms with Crippen LogP contribution in [-0.4, -0.2) is 44.4 Å². The molecule has 0 spiro atoms. The van der Waals surface area contributed by atoms with E-state index in [1.807, 2.05) is 6.07 Å². The molecule has 4 rings (SSSR count). The molecule has 2 aromatic rings. The first kappa shape index (κ1) is 19.6. The lowest BCUT2D eigenvalue weighted by Crippen LogP contribution is -3.27. The predicted molar refractivity (Wildman–Crippen MR) is 109 cm³/mol. The second-order valence-electron chi connectivity index (χ2n) is 7.65. The van der Waals surface area contributed by atoms with Crippen molar-refractivity contribution in [3.63, 3.8) is 0 Å². The summed E-state index contributed by atoms with van der Waals surface area (Å²) in [7, 11) is 0. The molecule has 0 bridgehead atoms. The van der Waals surface area contributed by atoms with Crippen molar-refractivity contribution >= 4 is 11.8 Å². The number of hydrogen-bond donors (Lipinski definition) is 2. The van der Waals surface area contributed by atoms with E-state index < -0.39 is 0 Å². The first-order valence-electron chi connectivity index (χ1n) is 10.1. The van der Waals surface area contributed by atoms with E-state index >= 15 is 0 Å². The van der Waals surface area contributed by atoms with Crippen LogP contribution in [0.3, 0.4) is 0 Å². The van der Waals surface area contributed by atoms with E-state index in [0.717, 1.165) is 56.1 Å². The third kappa shape index (κ3) is 5.00. The molecular formula is C22H27N3O4+2. The highest BCUT2D eigenvalue weighted by atomic mass is 16.7. The number of nitro benzene ring substituents is 1. The zero-order chi connectivity index (χ0) is 20.1. The van der Waals surface area contributed by atoms with E-state index in [9.17, 15) is 10.1 Å². The Labute approximate surface area is 170 Å². The zero-order valence-electron chi connectivity index (χ0n) is 16.4. The molecule has 0 saturated carbocycles. The molecule has 0 unspecified atom stereocenters. The van der Waals surface area contributed by atoms with Crippen LogP contribution in [0.1, 0.15) is 16.7 Å². The first-order valence-corrected chi connectivity index (χ1v) is 10.1. The minimum absolute atomic E-state index is 0.113. The van der Waals surface area contributed by atoms with Gasteiger partial charge < -0.3 is 19.3 Å². The van der Waals surface area contributed by atoms with Gasteiger partial charge in [-0.2, -0.15) is 0 Å². The molecule has 29 heavy (non-hydrogen) atoms. The number of piperazine rings is 1. The number of ether oxygens (including phenoxy) is 2. The summed E-state index contributed by atoms with van der Waals surface area (Å²) < 4.78 is 11.0. The number of nitrogens with zero attached hydrogens (tertiary/aromatic N) is 1. The standard InChI is InChI=1S/C22H25N3O4/c26-25(27)21-13-19(22-20(14-21)16-28-17-29-22)15-24-11-9-23(10-12-24)8-4-7-18-5-2-1-3-6-18/h1-7,13-14H,8-12,15-17H2/p+2/b7-4+. The molecule has 2 heterocycles. The van der Waals surface area contributed by atoms with E-state index in [0.29, 0.717) is 6.61 Å². The Kier molecular flexibility index (Phi) is 6.19. The van der Waals surface area contributed by atoms with E-state index in [-0.39, 0.29) is 17.4 Å². The third-order valence-electron chi connectivity index (χ3n) is 5.60. The lowest BCUT2D eigenvalue weighted by atomic mass is 10.1. The number of hydrogen-bond acceptors (Lipinski definition) is 4. The Bertz CT molecular complexity index is 877. The van der Waals surface area contributed by atoms with Crippen molar-refractivity contribution in [3.8, 4) is 5.75 Å². The van der Waals surface area contributed by atoms with Gasteiger partial charge in [0.05, 0.1) is 23.6 Å². The minimum atomic E-state index is -0.338. The van der Waals surface area contributed by atoms with Crippen LogP contribution < -0.4 is 14.5 Å². The number of benzene rings is 2. The number of rotatable bonds is 6. The highest BCUT2D eigenvalue weighted by Gasteiger charge is 2.27. The van der Waals surface area contributed by atoms with Crippen molar-refractivity contribution in [2.45, 2.75) is 13.2 Å². The fraction of sp³-hybridized carbons (Fsp3) is 0.364. The van der Waals surface area contributed by atoms with E-state index in [4.69, 9.17) is 9.47 Å². The molecule has 7 nitrogen and oxygen atoms in total. The lowest BCUT2D eigenvalue weighted by Gasteiger charge is -2.30. The second-order valence-corrected chi connectivity index (χ2v) is 7.65. The molecule has 2 N–H and O–H groups in total. The number of non-ortho nitro benzene ring substituents is 1. The first-order chi connectivity index (χ1) is 14.2. The largest absolute Gasteiger partial charge is 0.467 e. The van der Waals surface area contributed by atoms with Gasteiger partial charge in [-0.3, -0.25) is 10.1 Å². The second kappa shape index (κ2) is 9.17. The Hall–Kier alpha value is -2.74. The Morgan fingerprint density at radius 1 is 1.07 bits per heavy atom. The van der Waals surface area contributed by atoms with Crippen molar-refractivity contribution in [1.82, 2.24) is 0 Å². The quantitative estimate of drug-likeness (QED) is 0.549. The topological polar surface area (TPSA) is 70.5 Å². The van der Waals surface area contributed by atoms with E-state index in [1.165, 1.54) is 10.5 Å². The highest BCUT2D eigenvalue weighted by molar-refractivity contribution is 5.50. The van der Waals surface area contributed by atoms with Crippen molar-refractivity contribution < 1.29 is 24.2 Å². The molecule has 0 radical (unpaired) electrons. The van der Waals surface area contributed by atoms with Crippen molar-refractivity contribution in [2.24, 2.45) is 0 Å². The van der Waals surface area contributed by atoms with Gasteiger partial charge in [0.1, 0.15) is 38.5 Å². The average Bonchev–Trinajstić information content (AvgIpc) is 2.75. The number of nitro groups is 1. The van der Waals surface area contributed by atoms with Gasteiger partial charge in [-0.15, -0.1) is 0 Å². The van der Waals surface area contributed by atoms with Gasteiger partial charge in [-0.1, -0.05) is 36.4 Å². The molecule has 2 aromatic carbocycles. The summed E-state index contributed by atoms with van der Waals surface area (Å²) in [6, 6.07) is 13.6. The van der Waals surface area contributed by atoms with Crippen LogP contribution in [-0.2, 0) is 17.9 Å². The molecule has 0 aliphatic carbocycles. The minimum Gasteiger partial charge on any atom is -0.467 e. The smallest absolute Gasteiger partial charge is 0.270 e. The van der Waals surface area contributed by atoms with Crippen molar-refractivity contribution in [1.29, 1.82) is 0 Å². The van der Waals surface area contributed by atoms with Crippen LogP contribution >= 0.6 is 0 Å². The fourth-order valence-corrected chi connectivity index (χ4v) is 4.05. The highest BCUT2D eigenvalue weighted by Crippen LogP contribution is 2.32. The lowest BCUT2D eigenvalue weighted by molar-refractivity contribution is -1.02. The van der Waals surface area contributed by atoms with Gasteiger partial charge >= 0.3 is 0 Å². The Morgan fingerprint density at radius 3 is 2.59 bits per heavy atom. The van der Waals surface area contributed by atoms with Gasteiger partial charge in [0, 0.05) is 17.7 Å². The van der Waals surface area contributed by atoms with Gasteiger partial charge in [0.2, 0.25) is 0 Å². The molecule has 0 aromatic heterocycles. The number of quaternary nitrogens is 2. The Balaban J connectivity index is 1.34. The summed E-state index contributed by atoms with van der Waals surface area (Å²) in [6.07, 6.45) is 4.43. The van der Waals surface area contributed by atoms with E-state index in [1.54, 1.807) is 17.0 Å². The normalized spacial score (nSPS) is 21.5. The number of fused-ring (bicyclic) bond motifs is 1. The summed E-state index contributed by atoms with van der Waals surface area (Å²) in [6.45, 7) is 6.62. The SMILES string of the molecule is O=[N+]([O-])c1cc2c(c(C[NH+]3CC[NH+](C/C=C/c4ccccc4)CC3)c1)OCOC2. The molecule has 7 heteroatoms. The summed E-state index contributed by atoms with van der Waals surface area (Å²) in [5.74, 6) is 0.773. The summed E-state index contributed by atoms with van der Waals surface area (Å²) in [4.78, 5) is 14.0. The van der Waals surface area contributed by atoms with Crippen molar-refractivity contribution in [2.75, 3.05) is 39.5 Å². The molecule has 2 aliphatic heterocycles. The van der Waals surface area contributed by atoms with Gasteiger partial charge in [0.15, 0.2) is 6.79 Å². The third-order valence-corrected chi connectivity index (χ3v) is 5.60. The summed E-state index contributed by atoms with van der Waals surface area (Å²) in [5.41, 5.74) is 3.04. The van der Waals surface area contributed by atoms with Gasteiger partial charge in [0.25, 0.3) is 5.69 Å². The maximum Gasteiger partial charge on any atom is 0.270 e. The van der Waals surface area contributed by atoms with Crippen LogP contribution in [0.4, 0.5) is 5.69 Å². The summed E-state index contributed by atoms with van der Waals surface area (Å²) in [5, 5.41) is 11.3.